The van der Waals surface area contributed by atoms with Crippen LogP contribution in [0.15, 0.2) is 0 Å². The minimum absolute atomic E-state index is 0.241. The number of likely N-dealkylation sites (N-methyl/N-ethyl adjacent to an activating group) is 2. The van der Waals surface area contributed by atoms with E-state index in [-0.39, 0.29) is 5.54 Å². The molecule has 1 saturated carbocycles. The Labute approximate surface area is 124 Å². The Balaban J connectivity index is 1.60. The Morgan fingerprint density at radius 1 is 1.25 bits per heavy atom. The number of hydrogen-bond donors (Lipinski definition) is 1. The fourth-order valence-electron chi connectivity index (χ4n) is 4.30. The summed E-state index contributed by atoms with van der Waals surface area (Å²) in [6.07, 6.45) is 6.82. The zero-order valence-electron chi connectivity index (χ0n) is 13.4. The number of nitrogens with two attached hydrogens (primary N) is 1. The molecule has 0 aromatic rings. The van der Waals surface area contributed by atoms with Crippen molar-refractivity contribution in [3.63, 3.8) is 0 Å². The lowest BCUT2D eigenvalue weighted by atomic mass is 9.95. The highest BCUT2D eigenvalue weighted by molar-refractivity contribution is 5.03. The van der Waals surface area contributed by atoms with Crippen LogP contribution in [0.1, 0.15) is 39.0 Å². The molecule has 4 nitrogen and oxygen atoms in total. The third kappa shape index (κ3) is 2.76. The van der Waals surface area contributed by atoms with Crippen molar-refractivity contribution in [2.45, 2.75) is 56.7 Å². The van der Waals surface area contributed by atoms with E-state index in [1.807, 2.05) is 0 Å². The highest BCUT2D eigenvalue weighted by Gasteiger charge is 2.45. The van der Waals surface area contributed by atoms with Crippen molar-refractivity contribution < 1.29 is 0 Å². The van der Waals surface area contributed by atoms with Crippen molar-refractivity contribution >= 4 is 0 Å². The van der Waals surface area contributed by atoms with Crippen LogP contribution < -0.4 is 5.73 Å². The van der Waals surface area contributed by atoms with Crippen LogP contribution in [0.25, 0.3) is 0 Å². The number of likely N-dealkylation sites (tertiary alicyclic amines) is 2. The monoisotopic (exact) mass is 280 g/mol. The van der Waals surface area contributed by atoms with Gasteiger partial charge in [0.1, 0.15) is 0 Å². The van der Waals surface area contributed by atoms with Gasteiger partial charge in [-0.3, -0.25) is 14.7 Å². The molecule has 2 aliphatic heterocycles. The van der Waals surface area contributed by atoms with Gasteiger partial charge in [0.2, 0.25) is 0 Å². The summed E-state index contributed by atoms with van der Waals surface area (Å²) in [5.74, 6) is 0. The molecule has 2 unspecified atom stereocenters. The van der Waals surface area contributed by atoms with Crippen LogP contribution in [0.4, 0.5) is 0 Å². The smallest absolute Gasteiger partial charge is 0.0468 e. The zero-order valence-corrected chi connectivity index (χ0v) is 13.4. The molecule has 3 rings (SSSR count). The summed E-state index contributed by atoms with van der Waals surface area (Å²) in [5.41, 5.74) is 6.45. The second kappa shape index (κ2) is 5.91. The maximum absolute atomic E-state index is 6.21. The average molecular weight is 280 g/mol. The molecule has 0 bridgehead atoms. The lowest BCUT2D eigenvalue weighted by molar-refractivity contribution is 0.0936. The summed E-state index contributed by atoms with van der Waals surface area (Å²) < 4.78 is 0. The van der Waals surface area contributed by atoms with E-state index in [4.69, 9.17) is 5.73 Å². The van der Waals surface area contributed by atoms with Crippen molar-refractivity contribution in [3.05, 3.63) is 0 Å². The van der Waals surface area contributed by atoms with Crippen LogP contribution in [0, 0.1) is 0 Å². The highest BCUT2D eigenvalue weighted by atomic mass is 15.3. The van der Waals surface area contributed by atoms with Crippen LogP contribution >= 0.6 is 0 Å². The van der Waals surface area contributed by atoms with E-state index in [0.29, 0.717) is 0 Å². The lowest BCUT2D eigenvalue weighted by Gasteiger charge is -2.40. The van der Waals surface area contributed by atoms with E-state index in [2.05, 4.69) is 28.7 Å². The summed E-state index contributed by atoms with van der Waals surface area (Å²) in [5, 5.41) is 0. The maximum atomic E-state index is 6.21. The predicted molar refractivity (Wildman–Crippen MR) is 83.9 cm³/mol. The molecule has 0 aromatic heterocycles. The van der Waals surface area contributed by atoms with Gasteiger partial charge in [0.25, 0.3) is 0 Å². The van der Waals surface area contributed by atoms with E-state index in [1.165, 1.54) is 64.8 Å². The molecule has 0 aromatic carbocycles. The summed E-state index contributed by atoms with van der Waals surface area (Å²) in [4.78, 5) is 7.94. The van der Waals surface area contributed by atoms with Gasteiger partial charge in [-0.2, -0.15) is 0 Å². The molecule has 1 aliphatic carbocycles. The SMILES string of the molecule is CCN1CCCC1CN(C)C1(CN)CCN(C2CC2)C1. The molecule has 2 atom stereocenters. The number of rotatable bonds is 6. The molecular formula is C16H32N4. The summed E-state index contributed by atoms with van der Waals surface area (Å²) in [7, 11) is 2.31. The Morgan fingerprint density at radius 3 is 2.70 bits per heavy atom. The van der Waals surface area contributed by atoms with Crippen molar-refractivity contribution in [1.29, 1.82) is 0 Å². The second-order valence-electron chi connectivity index (χ2n) is 7.19. The van der Waals surface area contributed by atoms with Crippen LogP contribution in [0.5, 0.6) is 0 Å². The molecule has 3 fully saturated rings. The van der Waals surface area contributed by atoms with Gasteiger partial charge in [0, 0.05) is 43.8 Å². The minimum atomic E-state index is 0.241. The largest absolute Gasteiger partial charge is 0.329 e. The van der Waals surface area contributed by atoms with Crippen molar-refractivity contribution in [2.75, 3.05) is 46.3 Å². The highest BCUT2D eigenvalue weighted by Crippen LogP contribution is 2.35. The normalized spacial score (nSPS) is 36.3. The second-order valence-corrected chi connectivity index (χ2v) is 7.19. The molecule has 20 heavy (non-hydrogen) atoms. The molecule has 2 N–H and O–H groups in total. The van der Waals surface area contributed by atoms with E-state index in [0.717, 1.165) is 18.6 Å². The quantitative estimate of drug-likeness (QED) is 0.786. The third-order valence-electron chi connectivity index (χ3n) is 6.00. The standard InChI is InChI=1S/C16H32N4/c1-3-19-9-4-5-15(19)11-18(2)16(12-17)8-10-20(13-16)14-6-7-14/h14-15H,3-13,17H2,1-2H3. The summed E-state index contributed by atoms with van der Waals surface area (Å²) in [6, 6.07) is 1.64. The predicted octanol–water partition coefficient (Wildman–Crippen LogP) is 0.968. The van der Waals surface area contributed by atoms with Crippen LogP contribution in [-0.2, 0) is 0 Å². The van der Waals surface area contributed by atoms with Crippen LogP contribution in [0.3, 0.4) is 0 Å². The molecule has 116 valence electrons. The summed E-state index contributed by atoms with van der Waals surface area (Å²) >= 11 is 0. The van der Waals surface area contributed by atoms with Gasteiger partial charge in [-0.1, -0.05) is 6.92 Å². The van der Waals surface area contributed by atoms with E-state index in [1.54, 1.807) is 0 Å². The fraction of sp³-hybridized carbons (Fsp3) is 1.00. The average Bonchev–Trinajstić information content (AvgIpc) is 3.06. The first-order valence-electron chi connectivity index (χ1n) is 8.58. The molecule has 0 amide bonds. The molecule has 2 saturated heterocycles. The van der Waals surface area contributed by atoms with E-state index < -0.39 is 0 Å². The molecule has 3 aliphatic rings. The van der Waals surface area contributed by atoms with Gasteiger partial charge >= 0.3 is 0 Å². The van der Waals surface area contributed by atoms with Crippen molar-refractivity contribution in [3.8, 4) is 0 Å². The molecular weight excluding hydrogens is 248 g/mol. The van der Waals surface area contributed by atoms with Crippen molar-refractivity contribution in [2.24, 2.45) is 5.73 Å². The molecule has 4 heteroatoms. The topological polar surface area (TPSA) is 35.7 Å². The first-order chi connectivity index (χ1) is 9.68. The van der Waals surface area contributed by atoms with Crippen LogP contribution in [-0.4, -0.2) is 78.6 Å². The van der Waals surface area contributed by atoms with E-state index >= 15 is 0 Å². The van der Waals surface area contributed by atoms with Crippen LogP contribution in [0.2, 0.25) is 0 Å². The van der Waals surface area contributed by atoms with Gasteiger partial charge in [0.15, 0.2) is 0 Å². The molecule has 0 radical (unpaired) electrons. The molecule has 0 spiro atoms. The Hall–Kier alpha value is -0.160. The maximum Gasteiger partial charge on any atom is 0.0468 e. The minimum Gasteiger partial charge on any atom is -0.329 e. The Bertz CT molecular complexity index is 330. The van der Waals surface area contributed by atoms with Gasteiger partial charge in [-0.05, 0) is 52.2 Å². The zero-order chi connectivity index (χ0) is 14.2. The van der Waals surface area contributed by atoms with Gasteiger partial charge < -0.3 is 5.73 Å². The Morgan fingerprint density at radius 2 is 2.05 bits per heavy atom. The fourth-order valence-corrected chi connectivity index (χ4v) is 4.30. The van der Waals surface area contributed by atoms with Gasteiger partial charge in [-0.25, -0.2) is 0 Å². The number of nitrogens with zero attached hydrogens (tertiary/aromatic N) is 3. The Kier molecular flexibility index (Phi) is 4.37. The summed E-state index contributed by atoms with van der Waals surface area (Å²) in [6.45, 7) is 9.25. The number of hydrogen-bond acceptors (Lipinski definition) is 4. The van der Waals surface area contributed by atoms with E-state index in [9.17, 15) is 0 Å². The van der Waals surface area contributed by atoms with Crippen molar-refractivity contribution in [1.82, 2.24) is 14.7 Å². The lowest BCUT2D eigenvalue weighted by Crippen LogP contribution is -2.57. The third-order valence-corrected chi connectivity index (χ3v) is 6.00. The van der Waals surface area contributed by atoms with Gasteiger partial charge in [0.05, 0.1) is 0 Å². The first kappa shape index (κ1) is 14.8. The molecule has 2 heterocycles. The van der Waals surface area contributed by atoms with Gasteiger partial charge in [-0.15, -0.1) is 0 Å². The first-order valence-corrected chi connectivity index (χ1v) is 8.58.